The minimum Gasteiger partial charge on any atom is -0.514 e. The van der Waals surface area contributed by atoms with E-state index in [2.05, 4.69) is 33.9 Å². The standard InChI is InChI=1S/C22H38N2O6Si/c1-20(2,3)30-19(26)24-15(13-27-31(9,10)21(4,5)6)17-18(29-22(7,8)28-17)16(24)14(11-23)12-25/h12,15-18,25H,13H2,1-10H3/b14-12+/t15-,16+,17-,18+/m1/s1. The molecule has 0 radical (unpaired) electrons. The molecule has 31 heavy (non-hydrogen) atoms. The number of likely N-dealkylation sites (tertiary alicyclic amines) is 1. The SMILES string of the molecule is CC(C)(C)OC(=O)N1[C@H](CO[Si](C)(C)C(C)(C)C)[C@H]2OC(C)(C)O[C@H]2[C@@H]1/C(C#N)=C/O. The Balaban J connectivity index is 2.48. The van der Waals surface area contributed by atoms with Crippen LogP contribution in [0.25, 0.3) is 0 Å². The van der Waals surface area contributed by atoms with Crippen LogP contribution in [-0.2, 0) is 18.6 Å². The van der Waals surface area contributed by atoms with E-state index in [-0.39, 0.29) is 17.2 Å². The van der Waals surface area contributed by atoms with E-state index in [1.165, 1.54) is 4.90 Å². The number of hydrogen-bond donors (Lipinski definition) is 1. The molecule has 0 bridgehead atoms. The Hall–Kier alpha value is -1.60. The van der Waals surface area contributed by atoms with Gasteiger partial charge in [-0.05, 0) is 52.8 Å². The zero-order valence-corrected chi connectivity index (χ0v) is 21.5. The summed E-state index contributed by atoms with van der Waals surface area (Å²) in [7, 11) is -2.13. The summed E-state index contributed by atoms with van der Waals surface area (Å²) in [6.45, 7) is 19.9. The fraction of sp³-hybridized carbons (Fsp3) is 0.818. The van der Waals surface area contributed by atoms with E-state index in [0.717, 1.165) is 6.26 Å². The predicted molar refractivity (Wildman–Crippen MR) is 119 cm³/mol. The highest BCUT2D eigenvalue weighted by Crippen LogP contribution is 2.44. The van der Waals surface area contributed by atoms with Gasteiger partial charge in [0, 0.05) is 0 Å². The quantitative estimate of drug-likeness (QED) is 0.379. The molecule has 0 spiro atoms. The van der Waals surface area contributed by atoms with Crippen molar-refractivity contribution in [2.45, 2.75) is 109 Å². The molecule has 2 aliphatic rings. The van der Waals surface area contributed by atoms with Crippen LogP contribution in [0.1, 0.15) is 55.4 Å². The molecule has 176 valence electrons. The van der Waals surface area contributed by atoms with Gasteiger partial charge in [-0.1, -0.05) is 20.8 Å². The molecule has 2 rings (SSSR count). The lowest BCUT2D eigenvalue weighted by Gasteiger charge is -2.39. The summed E-state index contributed by atoms with van der Waals surface area (Å²) in [6.07, 6.45) is -1.03. The number of hydrogen-bond acceptors (Lipinski definition) is 7. The van der Waals surface area contributed by atoms with Crippen molar-refractivity contribution in [3.8, 4) is 6.07 Å². The normalized spacial score (nSPS) is 28.9. The smallest absolute Gasteiger partial charge is 0.411 e. The largest absolute Gasteiger partial charge is 0.514 e. The number of nitriles is 1. The van der Waals surface area contributed by atoms with Crippen molar-refractivity contribution >= 4 is 14.4 Å². The average molecular weight is 455 g/mol. The van der Waals surface area contributed by atoms with Crippen LogP contribution in [0.2, 0.25) is 18.1 Å². The van der Waals surface area contributed by atoms with Gasteiger partial charge in [0.25, 0.3) is 0 Å². The summed E-state index contributed by atoms with van der Waals surface area (Å²) >= 11 is 0. The number of rotatable bonds is 4. The number of carbonyl (C=O) groups excluding carboxylic acids is 1. The molecular formula is C22H38N2O6Si. The van der Waals surface area contributed by atoms with Gasteiger partial charge in [0.15, 0.2) is 14.1 Å². The van der Waals surface area contributed by atoms with Crippen LogP contribution in [0.15, 0.2) is 11.8 Å². The van der Waals surface area contributed by atoms with Crippen LogP contribution in [0, 0.1) is 11.3 Å². The van der Waals surface area contributed by atoms with Gasteiger partial charge in [-0.15, -0.1) is 0 Å². The van der Waals surface area contributed by atoms with Crippen molar-refractivity contribution < 1.29 is 28.5 Å². The van der Waals surface area contributed by atoms with Gasteiger partial charge in [-0.25, -0.2) is 4.79 Å². The van der Waals surface area contributed by atoms with Crippen molar-refractivity contribution in [2.24, 2.45) is 0 Å². The molecular weight excluding hydrogens is 416 g/mol. The summed E-state index contributed by atoms with van der Waals surface area (Å²) in [5.74, 6) is -0.890. The van der Waals surface area contributed by atoms with Crippen LogP contribution < -0.4 is 0 Å². The molecule has 2 fully saturated rings. The topological polar surface area (TPSA) is 101 Å². The van der Waals surface area contributed by atoms with E-state index in [9.17, 15) is 15.2 Å². The molecule has 0 aliphatic carbocycles. The molecule has 0 saturated carbocycles. The van der Waals surface area contributed by atoms with E-state index < -0.39 is 50.1 Å². The fourth-order valence-corrected chi connectivity index (χ4v) is 4.65. The number of nitrogens with zero attached hydrogens (tertiary/aromatic N) is 2. The Morgan fingerprint density at radius 2 is 1.74 bits per heavy atom. The van der Waals surface area contributed by atoms with Gasteiger partial charge >= 0.3 is 6.09 Å². The second kappa shape index (κ2) is 8.39. The zero-order chi connectivity index (χ0) is 24.0. The third kappa shape index (κ3) is 5.42. The van der Waals surface area contributed by atoms with Crippen molar-refractivity contribution in [1.82, 2.24) is 4.90 Å². The molecule has 0 aromatic rings. The van der Waals surface area contributed by atoms with Crippen LogP contribution in [0.4, 0.5) is 4.79 Å². The third-order valence-electron chi connectivity index (χ3n) is 6.12. The Kier molecular flexibility index (Phi) is 6.95. The number of aliphatic hydroxyl groups is 1. The van der Waals surface area contributed by atoms with E-state index in [4.69, 9.17) is 18.6 Å². The molecule has 8 nitrogen and oxygen atoms in total. The minimum absolute atomic E-state index is 0.0111. The molecule has 0 aromatic carbocycles. The lowest BCUT2D eigenvalue weighted by Crippen LogP contribution is -2.52. The number of amides is 1. The van der Waals surface area contributed by atoms with Crippen LogP contribution in [0.5, 0.6) is 0 Å². The maximum Gasteiger partial charge on any atom is 0.411 e. The van der Waals surface area contributed by atoms with Crippen LogP contribution >= 0.6 is 0 Å². The molecule has 9 heteroatoms. The maximum atomic E-state index is 13.3. The lowest BCUT2D eigenvalue weighted by molar-refractivity contribution is -0.166. The summed E-state index contributed by atoms with van der Waals surface area (Å²) in [6, 6.07) is 0.612. The van der Waals surface area contributed by atoms with Crippen molar-refractivity contribution in [3.63, 3.8) is 0 Å². The van der Waals surface area contributed by atoms with E-state index in [1.54, 1.807) is 34.6 Å². The van der Waals surface area contributed by atoms with Gasteiger partial charge in [-0.3, -0.25) is 4.90 Å². The van der Waals surface area contributed by atoms with Gasteiger partial charge < -0.3 is 23.7 Å². The summed E-state index contributed by atoms with van der Waals surface area (Å²) < 4.78 is 24.4. The van der Waals surface area contributed by atoms with Crippen LogP contribution in [0.3, 0.4) is 0 Å². The molecule has 2 aliphatic heterocycles. The molecule has 0 unspecified atom stereocenters. The number of carbonyl (C=O) groups is 1. The van der Waals surface area contributed by atoms with Crippen LogP contribution in [-0.4, -0.2) is 66.7 Å². The zero-order valence-electron chi connectivity index (χ0n) is 20.5. The first-order chi connectivity index (χ1) is 13.9. The predicted octanol–water partition coefficient (Wildman–Crippen LogP) is 4.48. The number of aliphatic hydroxyl groups excluding tert-OH is 1. The molecule has 1 amide bonds. The van der Waals surface area contributed by atoms with Crippen molar-refractivity contribution in [2.75, 3.05) is 6.61 Å². The number of fused-ring (bicyclic) bond motifs is 1. The van der Waals surface area contributed by atoms with Gasteiger partial charge in [0.05, 0.1) is 24.5 Å². The van der Waals surface area contributed by atoms with E-state index in [1.807, 2.05) is 6.07 Å². The summed E-state index contributed by atoms with van der Waals surface area (Å²) in [4.78, 5) is 14.7. The maximum absolute atomic E-state index is 13.3. The first kappa shape index (κ1) is 25.7. The van der Waals surface area contributed by atoms with Crippen molar-refractivity contribution in [3.05, 3.63) is 11.8 Å². The Morgan fingerprint density at radius 3 is 2.19 bits per heavy atom. The highest BCUT2D eigenvalue weighted by atomic mass is 28.4. The summed E-state index contributed by atoms with van der Waals surface area (Å²) in [5.41, 5.74) is -0.724. The minimum atomic E-state index is -2.13. The highest BCUT2D eigenvalue weighted by molar-refractivity contribution is 6.74. The summed E-state index contributed by atoms with van der Waals surface area (Å²) in [5, 5.41) is 19.4. The Bertz CT molecular complexity index is 759. The number of ether oxygens (including phenoxy) is 3. The molecule has 2 heterocycles. The van der Waals surface area contributed by atoms with Gasteiger partial charge in [0.2, 0.25) is 0 Å². The van der Waals surface area contributed by atoms with Gasteiger partial charge in [0.1, 0.15) is 29.9 Å². The molecule has 4 atom stereocenters. The molecule has 0 aromatic heterocycles. The Morgan fingerprint density at radius 1 is 1.19 bits per heavy atom. The van der Waals surface area contributed by atoms with Gasteiger partial charge in [-0.2, -0.15) is 5.26 Å². The molecule has 2 saturated heterocycles. The second-order valence-electron chi connectivity index (χ2n) is 11.2. The van der Waals surface area contributed by atoms with E-state index in [0.29, 0.717) is 0 Å². The van der Waals surface area contributed by atoms with Crippen molar-refractivity contribution in [1.29, 1.82) is 5.26 Å². The Labute approximate surface area is 187 Å². The van der Waals surface area contributed by atoms with E-state index >= 15 is 0 Å². The third-order valence-corrected chi connectivity index (χ3v) is 10.6. The lowest BCUT2D eigenvalue weighted by atomic mass is 10.0. The average Bonchev–Trinajstić information content (AvgIpc) is 3.03. The first-order valence-electron chi connectivity index (χ1n) is 10.7. The monoisotopic (exact) mass is 454 g/mol. The highest BCUT2D eigenvalue weighted by Gasteiger charge is 2.61. The first-order valence-corrected chi connectivity index (χ1v) is 13.6. The second-order valence-corrected chi connectivity index (χ2v) is 16.0. The fourth-order valence-electron chi connectivity index (χ4n) is 3.63. The molecule has 1 N–H and O–H groups in total.